The first-order valence-corrected chi connectivity index (χ1v) is 8.21. The van der Waals surface area contributed by atoms with Crippen molar-refractivity contribution >= 4 is 10.9 Å². The Morgan fingerprint density at radius 3 is 2.71 bits per heavy atom. The van der Waals surface area contributed by atoms with Crippen LogP contribution in [0.5, 0.6) is 0 Å². The minimum Gasteiger partial charge on any atom is -0.419 e. The number of alkyl halides is 3. The normalized spacial score (nSPS) is 11.7. The lowest BCUT2D eigenvalue weighted by atomic mass is 10.0. The highest BCUT2D eigenvalue weighted by Gasteiger charge is 2.36. The number of hydrogen-bond donors (Lipinski definition) is 0. The van der Waals surface area contributed by atoms with E-state index in [0.29, 0.717) is 16.8 Å². The molecule has 4 rings (SSSR count). The van der Waals surface area contributed by atoms with E-state index < -0.39 is 17.3 Å². The number of pyridine rings is 1. The molecule has 0 spiro atoms. The van der Waals surface area contributed by atoms with E-state index in [1.807, 2.05) is 0 Å². The summed E-state index contributed by atoms with van der Waals surface area (Å²) in [6.07, 6.45) is -1.45. The molecule has 0 bridgehead atoms. The first-order valence-electron chi connectivity index (χ1n) is 8.21. The topological polar surface area (TPSA) is 80.5 Å². The van der Waals surface area contributed by atoms with Gasteiger partial charge in [0.1, 0.15) is 6.54 Å². The predicted octanol–water partition coefficient (Wildman–Crippen LogP) is 4.33. The number of aryl methyl sites for hydroxylation is 1. The highest BCUT2D eigenvalue weighted by Crippen LogP contribution is 2.38. The van der Waals surface area contributed by atoms with E-state index >= 15 is 0 Å². The molecule has 0 unspecified atom stereocenters. The fourth-order valence-electron chi connectivity index (χ4n) is 3.13. The minimum absolute atomic E-state index is 0.0314. The predicted molar refractivity (Wildman–Crippen MR) is 93.0 cm³/mol. The molecule has 0 amide bonds. The van der Waals surface area contributed by atoms with Crippen LogP contribution in [0.2, 0.25) is 0 Å². The molecule has 3 aromatic heterocycles. The van der Waals surface area contributed by atoms with Crippen LogP contribution in [0, 0.1) is 18.3 Å². The molecule has 1 aromatic carbocycles. The maximum Gasteiger partial charge on any atom is 0.418 e. The summed E-state index contributed by atoms with van der Waals surface area (Å²) in [4.78, 5) is 3.98. The van der Waals surface area contributed by atoms with Crippen molar-refractivity contribution in [1.82, 2.24) is 19.7 Å². The summed E-state index contributed by atoms with van der Waals surface area (Å²) in [6.45, 7) is 1.79. The van der Waals surface area contributed by atoms with Crippen molar-refractivity contribution in [3.8, 4) is 17.5 Å². The zero-order chi connectivity index (χ0) is 19.9. The second-order valence-corrected chi connectivity index (χ2v) is 6.15. The Labute approximate surface area is 156 Å². The van der Waals surface area contributed by atoms with Crippen molar-refractivity contribution in [1.29, 1.82) is 5.26 Å². The number of aromatic nitrogens is 4. The van der Waals surface area contributed by atoms with Gasteiger partial charge in [-0.25, -0.2) is 0 Å². The van der Waals surface area contributed by atoms with Crippen LogP contribution in [0.1, 0.15) is 22.7 Å². The summed E-state index contributed by atoms with van der Waals surface area (Å²) in [6, 6.07) is 9.20. The maximum atomic E-state index is 13.5. The van der Waals surface area contributed by atoms with E-state index in [1.165, 1.54) is 18.2 Å². The largest absolute Gasteiger partial charge is 0.419 e. The van der Waals surface area contributed by atoms with E-state index in [0.717, 1.165) is 0 Å². The molecule has 0 aliphatic heterocycles. The fourth-order valence-corrected chi connectivity index (χ4v) is 3.13. The van der Waals surface area contributed by atoms with Gasteiger partial charge < -0.3 is 8.98 Å². The third kappa shape index (κ3) is 2.99. The standard InChI is InChI=1S/C19H12F3N5O/c1-11-7-14-15(5-4-12(8-23)17(14)19(20,21)22)27(11)10-16-25-26-18(28-16)13-3-2-6-24-9-13/h2-7,9H,10H2,1H3. The van der Waals surface area contributed by atoms with Crippen molar-refractivity contribution in [2.24, 2.45) is 0 Å². The SMILES string of the molecule is Cc1cc2c(C(F)(F)F)c(C#N)ccc2n1Cc1nnc(-c2cccnc2)o1. The summed E-state index contributed by atoms with van der Waals surface area (Å²) in [5.74, 6) is 0.525. The van der Waals surface area contributed by atoms with Gasteiger partial charge >= 0.3 is 6.18 Å². The molecular formula is C19H12F3N5O. The van der Waals surface area contributed by atoms with Crippen molar-refractivity contribution in [2.45, 2.75) is 19.6 Å². The molecule has 6 nitrogen and oxygen atoms in total. The number of hydrogen-bond acceptors (Lipinski definition) is 5. The quantitative estimate of drug-likeness (QED) is 0.526. The van der Waals surface area contributed by atoms with Crippen LogP contribution in [0.4, 0.5) is 13.2 Å². The monoisotopic (exact) mass is 383 g/mol. The van der Waals surface area contributed by atoms with Gasteiger partial charge in [0.15, 0.2) is 0 Å². The Morgan fingerprint density at radius 2 is 2.04 bits per heavy atom. The van der Waals surface area contributed by atoms with E-state index in [4.69, 9.17) is 9.68 Å². The second kappa shape index (κ2) is 6.49. The number of halogens is 3. The smallest absolute Gasteiger partial charge is 0.418 e. The van der Waals surface area contributed by atoms with Gasteiger partial charge in [-0.15, -0.1) is 10.2 Å². The average Bonchev–Trinajstić information content (AvgIpc) is 3.26. The molecule has 140 valence electrons. The Kier molecular flexibility index (Phi) is 4.11. The lowest BCUT2D eigenvalue weighted by Gasteiger charge is -2.11. The third-order valence-electron chi connectivity index (χ3n) is 4.36. The molecule has 4 aromatic rings. The summed E-state index contributed by atoms with van der Waals surface area (Å²) in [7, 11) is 0. The van der Waals surface area contributed by atoms with Crippen LogP contribution in [0.25, 0.3) is 22.4 Å². The lowest BCUT2D eigenvalue weighted by Crippen LogP contribution is -2.09. The van der Waals surface area contributed by atoms with E-state index in [9.17, 15) is 13.2 Å². The van der Waals surface area contributed by atoms with Gasteiger partial charge in [0.25, 0.3) is 0 Å². The number of nitrogens with zero attached hydrogens (tertiary/aromatic N) is 5. The molecule has 0 aliphatic rings. The average molecular weight is 383 g/mol. The van der Waals surface area contributed by atoms with Gasteiger partial charge in [-0.3, -0.25) is 4.98 Å². The molecule has 0 radical (unpaired) electrons. The van der Waals surface area contributed by atoms with E-state index in [1.54, 1.807) is 42.1 Å². The highest BCUT2D eigenvalue weighted by molar-refractivity contribution is 5.87. The van der Waals surface area contributed by atoms with Crippen molar-refractivity contribution in [2.75, 3.05) is 0 Å². The van der Waals surface area contributed by atoms with Crippen LogP contribution >= 0.6 is 0 Å². The third-order valence-corrected chi connectivity index (χ3v) is 4.36. The molecule has 28 heavy (non-hydrogen) atoms. The van der Waals surface area contributed by atoms with Gasteiger partial charge in [-0.1, -0.05) is 0 Å². The zero-order valence-electron chi connectivity index (χ0n) is 14.5. The van der Waals surface area contributed by atoms with Crippen molar-refractivity contribution in [3.05, 3.63) is 65.4 Å². The lowest BCUT2D eigenvalue weighted by molar-refractivity contribution is -0.136. The van der Waals surface area contributed by atoms with E-state index in [-0.39, 0.29) is 23.7 Å². The summed E-state index contributed by atoms with van der Waals surface area (Å²) in [5, 5.41) is 17.0. The number of nitriles is 1. The number of fused-ring (bicyclic) bond motifs is 1. The summed E-state index contributed by atoms with van der Waals surface area (Å²) >= 11 is 0. The maximum absolute atomic E-state index is 13.5. The summed E-state index contributed by atoms with van der Waals surface area (Å²) in [5.41, 5.74) is 0.222. The first kappa shape index (κ1) is 17.7. The molecule has 3 heterocycles. The van der Waals surface area contributed by atoms with Gasteiger partial charge in [0.05, 0.1) is 22.8 Å². The van der Waals surface area contributed by atoms with Crippen LogP contribution in [-0.4, -0.2) is 19.7 Å². The first-order chi connectivity index (χ1) is 13.4. The Balaban J connectivity index is 1.78. The fraction of sp³-hybridized carbons (Fsp3) is 0.158. The van der Waals surface area contributed by atoms with Crippen LogP contribution in [0.3, 0.4) is 0 Å². The zero-order valence-corrected chi connectivity index (χ0v) is 14.5. The van der Waals surface area contributed by atoms with Gasteiger partial charge in [0, 0.05) is 29.0 Å². The molecule has 0 fully saturated rings. The molecule has 0 aliphatic carbocycles. The minimum atomic E-state index is -4.64. The Bertz CT molecular complexity index is 1200. The molecule has 0 atom stereocenters. The molecule has 0 saturated heterocycles. The second-order valence-electron chi connectivity index (χ2n) is 6.15. The summed E-state index contributed by atoms with van der Waals surface area (Å²) < 4.78 is 47.8. The van der Waals surface area contributed by atoms with Crippen LogP contribution in [-0.2, 0) is 12.7 Å². The molecule has 0 saturated carbocycles. The highest BCUT2D eigenvalue weighted by atomic mass is 19.4. The van der Waals surface area contributed by atoms with Crippen molar-refractivity contribution in [3.63, 3.8) is 0 Å². The number of benzene rings is 1. The molecular weight excluding hydrogens is 371 g/mol. The van der Waals surface area contributed by atoms with E-state index in [2.05, 4.69) is 15.2 Å². The van der Waals surface area contributed by atoms with Gasteiger partial charge in [0.2, 0.25) is 11.8 Å². The Morgan fingerprint density at radius 1 is 1.21 bits per heavy atom. The Hall–Kier alpha value is -3.67. The van der Waals surface area contributed by atoms with Gasteiger partial charge in [-0.05, 0) is 37.3 Å². The van der Waals surface area contributed by atoms with Crippen LogP contribution < -0.4 is 0 Å². The van der Waals surface area contributed by atoms with Gasteiger partial charge in [-0.2, -0.15) is 18.4 Å². The number of rotatable bonds is 3. The molecule has 9 heteroatoms. The molecule has 0 N–H and O–H groups in total. The van der Waals surface area contributed by atoms with Crippen molar-refractivity contribution < 1.29 is 17.6 Å². The van der Waals surface area contributed by atoms with Crippen LogP contribution in [0.15, 0.2) is 47.1 Å².